The second kappa shape index (κ2) is 7.94. The summed E-state index contributed by atoms with van der Waals surface area (Å²) in [5, 5.41) is 2.65. The number of nitrogens with zero attached hydrogens (tertiary/aromatic N) is 2. The van der Waals surface area contributed by atoms with Crippen molar-refractivity contribution >= 4 is 28.1 Å². The third-order valence-corrected chi connectivity index (χ3v) is 4.60. The maximum absolute atomic E-state index is 13.0. The molecule has 4 nitrogen and oxygen atoms in total. The van der Waals surface area contributed by atoms with Crippen LogP contribution in [0.4, 0.5) is 10.8 Å². The van der Waals surface area contributed by atoms with E-state index in [1.165, 1.54) is 11.3 Å². The van der Waals surface area contributed by atoms with Crippen LogP contribution in [0.3, 0.4) is 0 Å². The molecular weight excluding hydrogens is 332 g/mol. The van der Waals surface area contributed by atoms with Gasteiger partial charge in [0.2, 0.25) is 5.91 Å². The normalized spacial score (nSPS) is 10.5. The van der Waals surface area contributed by atoms with E-state index in [4.69, 9.17) is 4.74 Å². The third kappa shape index (κ3) is 4.25. The molecular formula is C20H20N2O2S. The van der Waals surface area contributed by atoms with Gasteiger partial charge in [0.05, 0.1) is 24.4 Å². The van der Waals surface area contributed by atoms with Gasteiger partial charge in [-0.2, -0.15) is 0 Å². The van der Waals surface area contributed by atoms with Gasteiger partial charge in [0.1, 0.15) is 5.75 Å². The van der Waals surface area contributed by atoms with Crippen LogP contribution in [0.2, 0.25) is 0 Å². The molecule has 25 heavy (non-hydrogen) atoms. The van der Waals surface area contributed by atoms with Gasteiger partial charge in [-0.1, -0.05) is 30.3 Å². The second-order valence-electron chi connectivity index (χ2n) is 5.59. The number of hydrogen-bond donors (Lipinski definition) is 0. The lowest BCUT2D eigenvalue weighted by Gasteiger charge is -2.20. The number of ether oxygens (including phenoxy) is 1. The smallest absolute Gasteiger partial charge is 0.237 e. The lowest BCUT2D eigenvalue weighted by molar-refractivity contribution is -0.117. The molecule has 0 aliphatic rings. The van der Waals surface area contributed by atoms with E-state index in [0.717, 1.165) is 22.7 Å². The highest BCUT2D eigenvalue weighted by atomic mass is 32.1. The van der Waals surface area contributed by atoms with Crippen LogP contribution in [0.15, 0.2) is 60.0 Å². The fourth-order valence-electron chi connectivity index (χ4n) is 2.51. The average Bonchev–Trinajstić information content (AvgIpc) is 3.04. The summed E-state index contributed by atoms with van der Waals surface area (Å²) in [5.41, 5.74) is 2.69. The summed E-state index contributed by atoms with van der Waals surface area (Å²) in [6.45, 7) is 4.51. The monoisotopic (exact) mass is 352 g/mol. The minimum absolute atomic E-state index is 0.00953. The standard InChI is InChI=1S/C20H20N2O2S/c1-3-24-18-11-9-16(10-12-18)13-19(23)22(17-7-5-4-6-8-17)20-21-15(2)14-25-20/h4-12,14H,3,13H2,1-2H3. The molecule has 3 rings (SSSR count). The minimum atomic E-state index is -0.00953. The van der Waals surface area contributed by atoms with Gasteiger partial charge in [0.15, 0.2) is 5.13 Å². The van der Waals surface area contributed by atoms with Crippen LogP contribution in [-0.4, -0.2) is 17.5 Å². The minimum Gasteiger partial charge on any atom is -0.494 e. The SMILES string of the molecule is CCOc1ccc(CC(=O)N(c2ccccc2)c2nc(C)cs2)cc1. The zero-order chi connectivity index (χ0) is 17.6. The predicted molar refractivity (Wildman–Crippen MR) is 102 cm³/mol. The first kappa shape index (κ1) is 17.2. The molecule has 0 saturated heterocycles. The van der Waals surface area contributed by atoms with Crippen molar-refractivity contribution in [2.45, 2.75) is 20.3 Å². The van der Waals surface area contributed by atoms with E-state index in [0.29, 0.717) is 18.2 Å². The molecule has 3 aromatic rings. The van der Waals surface area contributed by atoms with Crippen molar-refractivity contribution in [2.75, 3.05) is 11.5 Å². The zero-order valence-electron chi connectivity index (χ0n) is 14.3. The number of carbonyl (C=O) groups excluding carboxylic acids is 1. The number of para-hydroxylation sites is 1. The highest BCUT2D eigenvalue weighted by Crippen LogP contribution is 2.29. The molecule has 0 fully saturated rings. The summed E-state index contributed by atoms with van der Waals surface area (Å²) in [6.07, 6.45) is 0.305. The van der Waals surface area contributed by atoms with Crippen LogP contribution >= 0.6 is 11.3 Å². The lowest BCUT2D eigenvalue weighted by atomic mass is 10.1. The van der Waals surface area contributed by atoms with Gasteiger partial charge in [-0.3, -0.25) is 9.69 Å². The Morgan fingerprint density at radius 3 is 2.44 bits per heavy atom. The molecule has 0 bridgehead atoms. The number of aryl methyl sites for hydroxylation is 1. The number of rotatable bonds is 6. The molecule has 0 N–H and O–H groups in total. The van der Waals surface area contributed by atoms with E-state index >= 15 is 0 Å². The van der Waals surface area contributed by atoms with Crippen molar-refractivity contribution in [1.82, 2.24) is 4.98 Å². The van der Waals surface area contributed by atoms with Crippen molar-refractivity contribution in [2.24, 2.45) is 0 Å². The molecule has 0 aliphatic carbocycles. The van der Waals surface area contributed by atoms with Gasteiger partial charge in [-0.15, -0.1) is 11.3 Å². The fourth-order valence-corrected chi connectivity index (χ4v) is 3.34. The summed E-state index contributed by atoms with van der Waals surface area (Å²) >= 11 is 1.47. The van der Waals surface area contributed by atoms with E-state index in [1.54, 1.807) is 4.90 Å². The maximum atomic E-state index is 13.0. The van der Waals surface area contributed by atoms with Crippen molar-refractivity contribution in [3.05, 3.63) is 71.2 Å². The predicted octanol–water partition coefficient (Wildman–Crippen LogP) is 4.76. The summed E-state index contributed by atoms with van der Waals surface area (Å²) in [4.78, 5) is 19.2. The van der Waals surface area contributed by atoms with Crippen LogP contribution in [0.5, 0.6) is 5.75 Å². The molecule has 1 heterocycles. The summed E-state index contributed by atoms with van der Waals surface area (Å²) in [7, 11) is 0. The highest BCUT2D eigenvalue weighted by molar-refractivity contribution is 7.14. The summed E-state index contributed by atoms with van der Waals surface area (Å²) < 4.78 is 5.45. The molecule has 0 atom stereocenters. The number of thiazole rings is 1. The second-order valence-corrected chi connectivity index (χ2v) is 6.43. The summed E-state index contributed by atoms with van der Waals surface area (Å²) in [6, 6.07) is 17.3. The molecule has 0 unspecified atom stereocenters. The molecule has 1 amide bonds. The van der Waals surface area contributed by atoms with Gasteiger partial charge < -0.3 is 4.74 Å². The van der Waals surface area contributed by atoms with E-state index in [9.17, 15) is 4.79 Å². The fraction of sp³-hybridized carbons (Fsp3) is 0.200. The first-order valence-electron chi connectivity index (χ1n) is 8.19. The Labute approximate surface area is 151 Å². The van der Waals surface area contributed by atoms with Crippen molar-refractivity contribution < 1.29 is 9.53 Å². The molecule has 1 aromatic heterocycles. The maximum Gasteiger partial charge on any atom is 0.237 e. The van der Waals surface area contributed by atoms with Gasteiger partial charge in [0.25, 0.3) is 0 Å². The Kier molecular flexibility index (Phi) is 5.46. The van der Waals surface area contributed by atoms with Crippen molar-refractivity contribution in [3.8, 4) is 5.75 Å². The number of benzene rings is 2. The lowest BCUT2D eigenvalue weighted by Crippen LogP contribution is -2.27. The molecule has 0 radical (unpaired) electrons. The number of carbonyl (C=O) groups is 1. The number of aromatic nitrogens is 1. The first-order valence-corrected chi connectivity index (χ1v) is 9.07. The van der Waals surface area contributed by atoms with Crippen LogP contribution < -0.4 is 9.64 Å². The Hall–Kier alpha value is -2.66. The van der Waals surface area contributed by atoms with Gasteiger partial charge in [-0.05, 0) is 43.7 Å². The molecule has 0 saturated carbocycles. The van der Waals surface area contributed by atoms with E-state index in [-0.39, 0.29) is 5.91 Å². The summed E-state index contributed by atoms with van der Waals surface area (Å²) in [5.74, 6) is 0.805. The Balaban J connectivity index is 1.84. The first-order chi connectivity index (χ1) is 12.2. The van der Waals surface area contributed by atoms with Crippen LogP contribution in [0, 0.1) is 6.92 Å². The van der Waals surface area contributed by atoms with Crippen LogP contribution in [0.1, 0.15) is 18.2 Å². The van der Waals surface area contributed by atoms with Gasteiger partial charge in [-0.25, -0.2) is 4.98 Å². The molecule has 128 valence electrons. The Bertz CT molecular complexity index is 828. The van der Waals surface area contributed by atoms with E-state index < -0.39 is 0 Å². The van der Waals surface area contributed by atoms with Crippen molar-refractivity contribution in [1.29, 1.82) is 0 Å². The number of hydrogen-bond acceptors (Lipinski definition) is 4. The van der Waals surface area contributed by atoms with Crippen LogP contribution in [0.25, 0.3) is 0 Å². The van der Waals surface area contributed by atoms with E-state index in [1.807, 2.05) is 73.8 Å². The highest BCUT2D eigenvalue weighted by Gasteiger charge is 2.21. The van der Waals surface area contributed by atoms with Gasteiger partial charge >= 0.3 is 0 Å². The Morgan fingerprint density at radius 2 is 1.84 bits per heavy atom. The molecule has 5 heteroatoms. The average molecular weight is 352 g/mol. The third-order valence-electron chi connectivity index (χ3n) is 3.65. The van der Waals surface area contributed by atoms with Gasteiger partial charge in [0, 0.05) is 5.38 Å². The zero-order valence-corrected chi connectivity index (χ0v) is 15.1. The number of anilines is 2. The van der Waals surface area contributed by atoms with Crippen LogP contribution in [-0.2, 0) is 11.2 Å². The molecule has 0 spiro atoms. The molecule has 2 aromatic carbocycles. The largest absolute Gasteiger partial charge is 0.494 e. The van der Waals surface area contributed by atoms with Crippen molar-refractivity contribution in [3.63, 3.8) is 0 Å². The Morgan fingerprint density at radius 1 is 1.12 bits per heavy atom. The topological polar surface area (TPSA) is 42.4 Å². The molecule has 0 aliphatic heterocycles. The number of amides is 1. The van der Waals surface area contributed by atoms with E-state index in [2.05, 4.69) is 4.98 Å². The quantitative estimate of drug-likeness (QED) is 0.642.